The molecular formula is C10H17F3N2O. The second kappa shape index (κ2) is 4.61. The fourth-order valence-electron chi connectivity index (χ4n) is 1.72. The van der Waals surface area contributed by atoms with Crippen LogP contribution in [-0.2, 0) is 4.79 Å². The van der Waals surface area contributed by atoms with Gasteiger partial charge in [-0.05, 0) is 19.8 Å². The maximum Gasteiger partial charge on any atom is 0.415 e. The Morgan fingerprint density at radius 1 is 1.12 bits per heavy atom. The van der Waals surface area contributed by atoms with Crippen LogP contribution in [0.15, 0.2) is 0 Å². The van der Waals surface area contributed by atoms with Crippen molar-refractivity contribution >= 4 is 5.91 Å². The van der Waals surface area contributed by atoms with Crippen molar-refractivity contribution < 1.29 is 18.0 Å². The van der Waals surface area contributed by atoms with E-state index in [-0.39, 0.29) is 0 Å². The number of carbonyl (C=O) groups excluding carboxylic acids is 1. The van der Waals surface area contributed by atoms with E-state index in [1.54, 1.807) is 0 Å². The van der Waals surface area contributed by atoms with Gasteiger partial charge in [-0.1, -0.05) is 12.8 Å². The molecule has 0 aromatic carbocycles. The van der Waals surface area contributed by atoms with Crippen molar-refractivity contribution in [1.82, 2.24) is 4.90 Å². The van der Waals surface area contributed by atoms with Crippen molar-refractivity contribution in [2.45, 2.75) is 44.3 Å². The number of nitrogens with zero attached hydrogens (tertiary/aromatic N) is 1. The van der Waals surface area contributed by atoms with Crippen LogP contribution in [-0.4, -0.2) is 35.6 Å². The zero-order chi connectivity index (χ0) is 12.4. The quantitative estimate of drug-likeness (QED) is 0.755. The van der Waals surface area contributed by atoms with Crippen molar-refractivity contribution in [2.24, 2.45) is 5.73 Å². The van der Waals surface area contributed by atoms with Crippen LogP contribution in [0.4, 0.5) is 13.2 Å². The van der Waals surface area contributed by atoms with Crippen molar-refractivity contribution in [1.29, 1.82) is 0 Å². The molecule has 1 aliphatic heterocycles. The van der Waals surface area contributed by atoms with E-state index in [9.17, 15) is 18.0 Å². The lowest BCUT2D eigenvalue weighted by Gasteiger charge is -2.32. The van der Waals surface area contributed by atoms with Crippen LogP contribution in [0.5, 0.6) is 0 Å². The molecule has 0 aromatic rings. The minimum Gasteiger partial charge on any atom is -0.341 e. The van der Waals surface area contributed by atoms with E-state index in [4.69, 9.17) is 5.73 Å². The maximum absolute atomic E-state index is 12.6. The molecule has 1 heterocycles. The van der Waals surface area contributed by atoms with Gasteiger partial charge in [0.2, 0.25) is 0 Å². The summed E-state index contributed by atoms with van der Waals surface area (Å²) in [5.41, 5.74) is 2.34. The zero-order valence-electron chi connectivity index (χ0n) is 9.31. The maximum atomic E-state index is 12.6. The van der Waals surface area contributed by atoms with E-state index in [1.807, 2.05) is 0 Å². The monoisotopic (exact) mass is 238 g/mol. The summed E-state index contributed by atoms with van der Waals surface area (Å²) in [6.45, 7) is 1.49. The largest absolute Gasteiger partial charge is 0.415 e. The molecule has 1 rings (SSSR count). The summed E-state index contributed by atoms with van der Waals surface area (Å²) >= 11 is 0. The second-order valence-electron chi connectivity index (χ2n) is 4.41. The first-order chi connectivity index (χ1) is 7.27. The van der Waals surface area contributed by atoms with Crippen molar-refractivity contribution in [2.75, 3.05) is 13.1 Å². The minimum atomic E-state index is -4.70. The molecule has 16 heavy (non-hydrogen) atoms. The number of alkyl halides is 3. The van der Waals surface area contributed by atoms with Gasteiger partial charge in [-0.25, -0.2) is 0 Å². The van der Waals surface area contributed by atoms with Gasteiger partial charge < -0.3 is 10.6 Å². The third-order valence-electron chi connectivity index (χ3n) is 2.93. The predicted molar refractivity (Wildman–Crippen MR) is 53.7 cm³/mol. The van der Waals surface area contributed by atoms with Gasteiger partial charge in [0.05, 0.1) is 0 Å². The molecule has 0 radical (unpaired) electrons. The third kappa shape index (κ3) is 2.66. The highest BCUT2D eigenvalue weighted by molar-refractivity contribution is 5.86. The number of hydrogen-bond donors (Lipinski definition) is 1. The highest BCUT2D eigenvalue weighted by Gasteiger charge is 2.55. The first kappa shape index (κ1) is 13.3. The van der Waals surface area contributed by atoms with Crippen LogP contribution >= 0.6 is 0 Å². The van der Waals surface area contributed by atoms with Gasteiger partial charge in [0, 0.05) is 13.1 Å². The van der Waals surface area contributed by atoms with Gasteiger partial charge in [0.25, 0.3) is 5.91 Å². The van der Waals surface area contributed by atoms with E-state index >= 15 is 0 Å². The molecule has 0 spiro atoms. The van der Waals surface area contributed by atoms with E-state index < -0.39 is 17.6 Å². The number of amides is 1. The molecule has 0 bridgehead atoms. The first-order valence-corrected chi connectivity index (χ1v) is 5.42. The van der Waals surface area contributed by atoms with Crippen LogP contribution in [0.25, 0.3) is 0 Å². The Balaban J connectivity index is 2.75. The highest BCUT2D eigenvalue weighted by atomic mass is 19.4. The number of halogens is 3. The summed E-state index contributed by atoms with van der Waals surface area (Å²) in [6, 6.07) is 0. The van der Waals surface area contributed by atoms with Crippen LogP contribution in [0.3, 0.4) is 0 Å². The normalized spacial score (nSPS) is 22.4. The van der Waals surface area contributed by atoms with Crippen molar-refractivity contribution in [3.05, 3.63) is 0 Å². The van der Waals surface area contributed by atoms with Gasteiger partial charge in [0.15, 0.2) is 5.54 Å². The van der Waals surface area contributed by atoms with E-state index in [0.717, 1.165) is 32.6 Å². The van der Waals surface area contributed by atoms with Gasteiger partial charge in [-0.15, -0.1) is 0 Å². The number of likely N-dealkylation sites (tertiary alicyclic amines) is 1. The Morgan fingerprint density at radius 3 is 1.94 bits per heavy atom. The van der Waals surface area contributed by atoms with Crippen LogP contribution < -0.4 is 5.73 Å². The fraction of sp³-hybridized carbons (Fsp3) is 0.900. The summed E-state index contributed by atoms with van der Waals surface area (Å²) in [7, 11) is 0. The summed E-state index contributed by atoms with van der Waals surface area (Å²) in [6.07, 6.45) is -1.29. The fourth-order valence-corrected chi connectivity index (χ4v) is 1.72. The predicted octanol–water partition coefficient (Wildman–Crippen LogP) is 1.67. The standard InChI is InChI=1S/C10H17F3N2O/c1-9(14,10(11,12)13)8(16)15-6-4-2-3-5-7-15/h2-7,14H2,1H3. The first-order valence-electron chi connectivity index (χ1n) is 5.42. The lowest BCUT2D eigenvalue weighted by molar-refractivity contribution is -0.193. The molecular weight excluding hydrogens is 221 g/mol. The smallest absolute Gasteiger partial charge is 0.341 e. The Labute approximate surface area is 92.8 Å². The van der Waals surface area contributed by atoms with Crippen LogP contribution in [0.1, 0.15) is 32.6 Å². The Hall–Kier alpha value is -0.780. The Morgan fingerprint density at radius 2 is 1.56 bits per heavy atom. The van der Waals surface area contributed by atoms with E-state index in [1.165, 1.54) is 4.90 Å². The van der Waals surface area contributed by atoms with Crippen LogP contribution in [0, 0.1) is 0 Å². The minimum absolute atomic E-state index is 0.377. The molecule has 1 fully saturated rings. The molecule has 2 N–H and O–H groups in total. The molecule has 0 aliphatic carbocycles. The molecule has 1 atom stereocenters. The summed E-state index contributed by atoms with van der Waals surface area (Å²) in [4.78, 5) is 12.9. The number of carbonyl (C=O) groups is 1. The lowest BCUT2D eigenvalue weighted by atomic mass is 10.0. The number of nitrogens with two attached hydrogens (primary N) is 1. The molecule has 0 saturated carbocycles. The topological polar surface area (TPSA) is 46.3 Å². The summed E-state index contributed by atoms with van der Waals surface area (Å²) in [5, 5.41) is 0. The average molecular weight is 238 g/mol. The van der Waals surface area contributed by atoms with Crippen molar-refractivity contribution in [3.8, 4) is 0 Å². The van der Waals surface area contributed by atoms with Gasteiger partial charge >= 0.3 is 6.18 Å². The van der Waals surface area contributed by atoms with Crippen LogP contribution in [0.2, 0.25) is 0 Å². The zero-order valence-corrected chi connectivity index (χ0v) is 9.31. The number of hydrogen-bond acceptors (Lipinski definition) is 2. The van der Waals surface area contributed by atoms with Crippen molar-refractivity contribution in [3.63, 3.8) is 0 Å². The Kier molecular flexibility index (Phi) is 3.83. The van der Waals surface area contributed by atoms with E-state index in [0.29, 0.717) is 13.1 Å². The molecule has 1 unspecified atom stereocenters. The lowest BCUT2D eigenvalue weighted by Crippen LogP contribution is -2.62. The molecule has 3 nitrogen and oxygen atoms in total. The van der Waals surface area contributed by atoms with E-state index in [2.05, 4.69) is 0 Å². The second-order valence-corrected chi connectivity index (χ2v) is 4.41. The highest BCUT2D eigenvalue weighted by Crippen LogP contribution is 2.30. The molecule has 94 valence electrons. The molecule has 0 aromatic heterocycles. The molecule has 1 amide bonds. The van der Waals surface area contributed by atoms with Gasteiger partial charge in [0.1, 0.15) is 0 Å². The molecule has 6 heteroatoms. The molecule has 1 aliphatic rings. The number of rotatable bonds is 1. The average Bonchev–Trinajstić information content (AvgIpc) is 2.42. The summed E-state index contributed by atoms with van der Waals surface area (Å²) < 4.78 is 37.7. The van der Waals surface area contributed by atoms with Gasteiger partial charge in [-0.3, -0.25) is 4.79 Å². The molecule has 1 saturated heterocycles. The van der Waals surface area contributed by atoms with Gasteiger partial charge in [-0.2, -0.15) is 13.2 Å². The summed E-state index contributed by atoms with van der Waals surface area (Å²) in [5.74, 6) is -1.01. The SMILES string of the molecule is CC(N)(C(=O)N1CCCCCC1)C(F)(F)F. The Bertz CT molecular complexity index is 255. The third-order valence-corrected chi connectivity index (χ3v) is 2.93.